The Balaban J connectivity index is 1.43. The summed E-state index contributed by atoms with van der Waals surface area (Å²) in [7, 11) is -3.84. The lowest BCUT2D eigenvalue weighted by atomic mass is 10.1. The lowest BCUT2D eigenvalue weighted by Gasteiger charge is -2.10. The van der Waals surface area contributed by atoms with Crippen molar-refractivity contribution < 1.29 is 17.6 Å². The second kappa shape index (κ2) is 9.41. The van der Waals surface area contributed by atoms with E-state index in [0.717, 1.165) is 41.7 Å². The normalized spacial score (nSPS) is 11.5. The van der Waals surface area contributed by atoms with Crippen molar-refractivity contribution in [3.8, 4) is 0 Å². The summed E-state index contributed by atoms with van der Waals surface area (Å²) in [5.41, 5.74) is 2.84. The number of halogens is 1. The Kier molecular flexibility index (Phi) is 6.41. The van der Waals surface area contributed by atoms with Crippen LogP contribution in [0.2, 0.25) is 0 Å². The zero-order chi connectivity index (χ0) is 23.4. The van der Waals surface area contributed by atoms with Gasteiger partial charge in [-0.2, -0.15) is 0 Å². The highest BCUT2D eigenvalue weighted by Gasteiger charge is 2.15. The van der Waals surface area contributed by atoms with Gasteiger partial charge in [-0.25, -0.2) is 17.8 Å². The molecule has 0 aliphatic heterocycles. The summed E-state index contributed by atoms with van der Waals surface area (Å²) in [6, 6.07) is 18.8. The first-order valence-electron chi connectivity index (χ1n) is 10.5. The summed E-state index contributed by atoms with van der Waals surface area (Å²) < 4.78 is 42.3. The van der Waals surface area contributed by atoms with Gasteiger partial charge in [-0.1, -0.05) is 31.2 Å². The lowest BCUT2D eigenvalue weighted by molar-refractivity contribution is -0.115. The zero-order valence-corrected chi connectivity index (χ0v) is 18.8. The van der Waals surface area contributed by atoms with Crippen LogP contribution in [0.3, 0.4) is 0 Å². The molecule has 0 aliphatic rings. The largest absolute Gasteiger partial charge is 0.310 e. The Morgan fingerprint density at radius 1 is 1.00 bits per heavy atom. The minimum absolute atomic E-state index is 0.0395. The van der Waals surface area contributed by atoms with Gasteiger partial charge < -0.3 is 4.57 Å². The van der Waals surface area contributed by atoms with E-state index < -0.39 is 15.8 Å². The zero-order valence-electron chi connectivity index (χ0n) is 18.0. The number of nitrogens with one attached hydrogen (secondary N) is 2. The second-order valence-electron chi connectivity index (χ2n) is 7.56. The first-order valence-corrected chi connectivity index (χ1v) is 12.0. The number of nitrogens with zero attached hydrogens (tertiary/aromatic N) is 2. The van der Waals surface area contributed by atoms with Gasteiger partial charge in [0.15, 0.2) is 0 Å². The van der Waals surface area contributed by atoms with Gasteiger partial charge in [0.25, 0.3) is 10.0 Å². The molecular formula is C24H23FN4O3S. The second-order valence-corrected chi connectivity index (χ2v) is 9.24. The topological polar surface area (TPSA) is 93.1 Å². The Bertz CT molecular complexity index is 1380. The highest BCUT2D eigenvalue weighted by molar-refractivity contribution is 7.92. The minimum atomic E-state index is -3.84. The molecule has 7 nitrogen and oxygen atoms in total. The van der Waals surface area contributed by atoms with Gasteiger partial charge in [-0.15, -0.1) is 0 Å². The van der Waals surface area contributed by atoms with Crippen LogP contribution in [-0.2, 0) is 27.8 Å². The van der Waals surface area contributed by atoms with E-state index in [1.807, 2.05) is 28.8 Å². The van der Waals surface area contributed by atoms with E-state index >= 15 is 0 Å². The number of hydrogen-bond donors (Lipinski definition) is 2. The van der Waals surface area contributed by atoms with Crippen LogP contribution in [0.25, 0.3) is 11.0 Å². The van der Waals surface area contributed by atoms with Crippen molar-refractivity contribution in [3.63, 3.8) is 0 Å². The molecule has 0 saturated carbocycles. The molecule has 0 unspecified atom stereocenters. The van der Waals surface area contributed by atoms with Crippen molar-refractivity contribution in [2.75, 3.05) is 10.0 Å². The van der Waals surface area contributed by atoms with Crippen LogP contribution >= 0.6 is 0 Å². The molecule has 4 aromatic rings. The lowest BCUT2D eigenvalue weighted by Crippen LogP contribution is -2.18. The molecule has 0 atom stereocenters. The fourth-order valence-electron chi connectivity index (χ4n) is 3.49. The molecule has 1 amide bonds. The fourth-order valence-corrected chi connectivity index (χ4v) is 4.55. The summed E-state index contributed by atoms with van der Waals surface area (Å²) in [6.07, 6.45) is 1.01. The highest BCUT2D eigenvalue weighted by Crippen LogP contribution is 2.21. The van der Waals surface area contributed by atoms with E-state index in [1.165, 1.54) is 12.1 Å². The van der Waals surface area contributed by atoms with Crippen LogP contribution in [-0.4, -0.2) is 23.9 Å². The molecule has 33 heavy (non-hydrogen) atoms. The number of rotatable bonds is 8. The molecule has 1 aromatic heterocycles. The molecule has 9 heteroatoms. The van der Waals surface area contributed by atoms with Crippen LogP contribution in [0.5, 0.6) is 0 Å². The van der Waals surface area contributed by atoms with E-state index in [4.69, 9.17) is 0 Å². The standard InChI is InChI=1S/C24H23FN4O3S/c1-2-15-29-22-6-4-3-5-21(22)26-24(29)27-23(30)16-17-7-11-19(12-8-17)28-33(31,32)20-13-9-18(25)10-14-20/h3-14,28H,2,15-16H2,1H3,(H,26,27,30). The number of aromatic nitrogens is 2. The molecule has 0 radical (unpaired) electrons. The van der Waals surface area contributed by atoms with Gasteiger partial charge in [-0.05, 0) is 60.5 Å². The van der Waals surface area contributed by atoms with E-state index in [2.05, 4.69) is 21.9 Å². The Labute approximate surface area is 191 Å². The number of sulfonamides is 1. The molecule has 1 heterocycles. The monoisotopic (exact) mass is 466 g/mol. The van der Waals surface area contributed by atoms with E-state index in [9.17, 15) is 17.6 Å². The molecule has 0 aliphatic carbocycles. The van der Waals surface area contributed by atoms with Crippen molar-refractivity contribution in [3.05, 3.63) is 84.2 Å². The molecule has 3 aromatic carbocycles. The number of imidazole rings is 1. The highest BCUT2D eigenvalue weighted by atomic mass is 32.2. The third-order valence-electron chi connectivity index (χ3n) is 5.05. The van der Waals surface area contributed by atoms with E-state index in [-0.39, 0.29) is 17.2 Å². The number of amides is 1. The van der Waals surface area contributed by atoms with Gasteiger partial charge in [0.05, 0.1) is 22.3 Å². The third kappa shape index (κ3) is 5.20. The van der Waals surface area contributed by atoms with Gasteiger partial charge >= 0.3 is 0 Å². The number of aryl methyl sites for hydroxylation is 1. The summed E-state index contributed by atoms with van der Waals surface area (Å²) >= 11 is 0. The van der Waals surface area contributed by atoms with Gasteiger partial charge in [0, 0.05) is 12.2 Å². The number of carbonyl (C=O) groups excluding carboxylic acids is 1. The first-order chi connectivity index (χ1) is 15.9. The van der Waals surface area contributed by atoms with Crippen LogP contribution < -0.4 is 10.0 Å². The van der Waals surface area contributed by atoms with E-state index in [1.54, 1.807) is 24.3 Å². The van der Waals surface area contributed by atoms with Crippen LogP contribution in [0.4, 0.5) is 16.0 Å². The number of carbonyl (C=O) groups is 1. The van der Waals surface area contributed by atoms with Gasteiger partial charge in [-0.3, -0.25) is 14.8 Å². The summed E-state index contributed by atoms with van der Waals surface area (Å²) in [5.74, 6) is -0.226. The average molecular weight is 467 g/mol. The molecule has 0 saturated heterocycles. The van der Waals surface area contributed by atoms with Crippen molar-refractivity contribution in [1.82, 2.24) is 9.55 Å². The van der Waals surface area contributed by atoms with Crippen molar-refractivity contribution in [2.45, 2.75) is 31.2 Å². The van der Waals surface area contributed by atoms with Crippen LogP contribution in [0.1, 0.15) is 18.9 Å². The maximum Gasteiger partial charge on any atom is 0.261 e. The Morgan fingerprint density at radius 3 is 2.39 bits per heavy atom. The molecule has 4 rings (SSSR count). The number of para-hydroxylation sites is 2. The maximum atomic E-state index is 13.0. The SMILES string of the molecule is CCCn1c(NC(=O)Cc2ccc(NS(=O)(=O)c3ccc(F)cc3)cc2)nc2ccccc21. The molecule has 2 N–H and O–H groups in total. The Hall–Kier alpha value is -3.72. The molecule has 0 spiro atoms. The smallest absolute Gasteiger partial charge is 0.261 e. The Morgan fingerprint density at radius 2 is 1.70 bits per heavy atom. The first kappa shape index (κ1) is 22.5. The maximum absolute atomic E-state index is 13.0. The van der Waals surface area contributed by atoms with E-state index in [0.29, 0.717) is 11.6 Å². The molecular weight excluding hydrogens is 443 g/mol. The fraction of sp³-hybridized carbons (Fsp3) is 0.167. The quantitative estimate of drug-likeness (QED) is 0.398. The molecule has 0 bridgehead atoms. The van der Waals surface area contributed by atoms with Crippen LogP contribution in [0, 0.1) is 5.82 Å². The molecule has 0 fully saturated rings. The minimum Gasteiger partial charge on any atom is -0.310 e. The predicted octanol–water partition coefficient (Wildman–Crippen LogP) is 4.57. The number of benzene rings is 3. The third-order valence-corrected chi connectivity index (χ3v) is 6.44. The van der Waals surface area contributed by atoms with Crippen molar-refractivity contribution in [1.29, 1.82) is 0 Å². The number of hydrogen-bond acceptors (Lipinski definition) is 4. The molecule has 170 valence electrons. The van der Waals surface area contributed by atoms with Crippen molar-refractivity contribution >= 4 is 38.6 Å². The summed E-state index contributed by atoms with van der Waals surface area (Å²) in [5, 5.41) is 2.88. The van der Waals surface area contributed by atoms with Crippen LogP contribution in [0.15, 0.2) is 77.7 Å². The van der Waals surface area contributed by atoms with Gasteiger partial charge in [0.1, 0.15) is 5.82 Å². The number of fused-ring (bicyclic) bond motifs is 1. The number of anilines is 2. The summed E-state index contributed by atoms with van der Waals surface area (Å²) in [4.78, 5) is 17.1. The van der Waals surface area contributed by atoms with Crippen molar-refractivity contribution in [2.24, 2.45) is 0 Å². The van der Waals surface area contributed by atoms with Gasteiger partial charge in [0.2, 0.25) is 11.9 Å². The predicted molar refractivity (Wildman–Crippen MR) is 126 cm³/mol. The average Bonchev–Trinajstić information content (AvgIpc) is 3.12. The summed E-state index contributed by atoms with van der Waals surface area (Å²) in [6.45, 7) is 2.80.